The molecule has 7 nitrogen and oxygen atoms in total. The van der Waals surface area contributed by atoms with E-state index in [1.165, 1.54) is 0 Å². The smallest absolute Gasteiger partial charge is 0.437 e. The van der Waals surface area contributed by atoms with Crippen LogP contribution in [0.4, 0.5) is 9.59 Å². The first-order chi connectivity index (χ1) is 13.8. The van der Waals surface area contributed by atoms with Crippen LogP contribution in [0.15, 0.2) is 35.1 Å². The molecule has 0 saturated carbocycles. The van der Waals surface area contributed by atoms with Crippen molar-refractivity contribution in [1.82, 2.24) is 9.36 Å². The number of rotatable bonds is 7. The summed E-state index contributed by atoms with van der Waals surface area (Å²) in [5.41, 5.74) is 1.29. The van der Waals surface area contributed by atoms with Gasteiger partial charge in [0.2, 0.25) is 0 Å². The average Bonchev–Trinajstić information content (AvgIpc) is 2.91. The number of hydrogen-bond acceptors (Lipinski definition) is 5. The van der Waals surface area contributed by atoms with Crippen LogP contribution < -0.4 is 5.56 Å². The van der Waals surface area contributed by atoms with Gasteiger partial charge in [-0.3, -0.25) is 4.79 Å². The maximum Gasteiger partial charge on any atom is 0.437 e. The summed E-state index contributed by atoms with van der Waals surface area (Å²) < 4.78 is 12.4. The summed E-state index contributed by atoms with van der Waals surface area (Å²) >= 11 is 0. The maximum absolute atomic E-state index is 13.2. The van der Waals surface area contributed by atoms with Gasteiger partial charge in [0.15, 0.2) is 0 Å². The van der Waals surface area contributed by atoms with Gasteiger partial charge in [-0.05, 0) is 46.1 Å². The number of ether oxygens (including phenoxy) is 2. The van der Waals surface area contributed by atoms with E-state index < -0.39 is 30.0 Å². The number of unbranched alkanes of at least 4 members (excludes halogenated alkanes) is 1. The van der Waals surface area contributed by atoms with Crippen LogP contribution in [0.5, 0.6) is 0 Å². The summed E-state index contributed by atoms with van der Waals surface area (Å²) in [6.07, 6.45) is -0.0662. The number of nitrogens with zero attached hydrogens (tertiary/aromatic N) is 2. The Morgan fingerprint density at radius 3 is 2.00 bits per heavy atom. The van der Waals surface area contributed by atoms with Crippen molar-refractivity contribution in [3.63, 3.8) is 0 Å². The molecule has 1 aromatic heterocycles. The fourth-order valence-corrected chi connectivity index (χ4v) is 3.03. The number of aromatic nitrogens is 2. The Labute approximate surface area is 171 Å². The van der Waals surface area contributed by atoms with Crippen LogP contribution in [0.2, 0.25) is 0 Å². The quantitative estimate of drug-likeness (QED) is 0.687. The van der Waals surface area contributed by atoms with Crippen LogP contribution in [0.25, 0.3) is 0 Å². The molecule has 7 heteroatoms. The first-order valence-corrected chi connectivity index (χ1v) is 10.1. The highest BCUT2D eigenvalue weighted by molar-refractivity contribution is 5.78. The van der Waals surface area contributed by atoms with Crippen LogP contribution in [-0.2, 0) is 22.3 Å². The minimum atomic E-state index is -0.886. The SMILES string of the molecule is CCCCc1c(Cc2ccccc2)n(C(=O)OC(C)C)n(C(=O)OC(C)C)c1=O. The van der Waals surface area contributed by atoms with Crippen LogP contribution in [-0.4, -0.2) is 33.8 Å². The van der Waals surface area contributed by atoms with Gasteiger partial charge in [-0.2, -0.15) is 4.68 Å². The summed E-state index contributed by atoms with van der Waals surface area (Å²) in [4.78, 5) is 38.7. The molecule has 2 rings (SSSR count). The summed E-state index contributed by atoms with van der Waals surface area (Å²) in [5, 5.41) is 0. The summed E-state index contributed by atoms with van der Waals surface area (Å²) in [6.45, 7) is 8.82. The molecule has 1 aromatic carbocycles. The molecule has 0 aliphatic carbocycles. The molecule has 0 aliphatic heterocycles. The molecule has 0 amide bonds. The highest BCUT2D eigenvalue weighted by Crippen LogP contribution is 2.17. The highest BCUT2D eigenvalue weighted by Gasteiger charge is 2.29. The zero-order chi connectivity index (χ0) is 21.6. The standard InChI is InChI=1S/C22H30N2O5/c1-6-7-13-18-19(14-17-11-9-8-10-12-17)23(21(26)28-15(2)3)24(20(18)25)22(27)29-16(4)5/h8-12,15-16H,6-7,13-14H2,1-5H3. The largest absolute Gasteiger partial charge is 0.445 e. The Balaban J connectivity index is 2.69. The molecule has 0 atom stereocenters. The predicted molar refractivity (Wildman–Crippen MR) is 111 cm³/mol. The van der Waals surface area contributed by atoms with Crippen molar-refractivity contribution in [1.29, 1.82) is 0 Å². The first-order valence-electron chi connectivity index (χ1n) is 10.1. The van der Waals surface area contributed by atoms with Crippen LogP contribution in [0, 0.1) is 0 Å². The van der Waals surface area contributed by atoms with Crippen molar-refractivity contribution in [2.45, 2.75) is 72.5 Å². The Morgan fingerprint density at radius 2 is 1.48 bits per heavy atom. The second-order valence-electron chi connectivity index (χ2n) is 7.48. The van der Waals surface area contributed by atoms with Gasteiger partial charge in [-0.1, -0.05) is 43.7 Å². The van der Waals surface area contributed by atoms with Crippen molar-refractivity contribution in [2.24, 2.45) is 0 Å². The zero-order valence-corrected chi connectivity index (χ0v) is 17.8. The highest BCUT2D eigenvalue weighted by atomic mass is 16.6. The lowest BCUT2D eigenvalue weighted by atomic mass is 10.0. The molecule has 0 aliphatic rings. The van der Waals surface area contributed by atoms with E-state index in [-0.39, 0.29) is 0 Å². The molecule has 0 radical (unpaired) electrons. The molecule has 0 saturated heterocycles. The van der Waals surface area contributed by atoms with Crippen molar-refractivity contribution >= 4 is 12.2 Å². The number of carbonyl (C=O) groups is 2. The number of benzene rings is 1. The molecule has 1 heterocycles. The van der Waals surface area contributed by atoms with Crippen molar-refractivity contribution in [3.8, 4) is 0 Å². The summed E-state index contributed by atoms with van der Waals surface area (Å²) in [5.74, 6) is 0. The van der Waals surface area contributed by atoms with Gasteiger partial charge < -0.3 is 9.47 Å². The monoisotopic (exact) mass is 402 g/mol. The third-order valence-electron chi connectivity index (χ3n) is 4.27. The van der Waals surface area contributed by atoms with Gasteiger partial charge in [-0.25, -0.2) is 9.59 Å². The molecule has 29 heavy (non-hydrogen) atoms. The van der Waals surface area contributed by atoms with E-state index >= 15 is 0 Å². The number of carbonyl (C=O) groups excluding carboxylic acids is 2. The molecule has 0 spiro atoms. The van der Waals surface area contributed by atoms with Crippen molar-refractivity contribution < 1.29 is 19.1 Å². The van der Waals surface area contributed by atoms with Gasteiger partial charge in [0, 0.05) is 12.0 Å². The topological polar surface area (TPSA) is 79.5 Å². The molecular weight excluding hydrogens is 372 g/mol. The number of hydrogen-bond donors (Lipinski definition) is 0. The summed E-state index contributed by atoms with van der Waals surface area (Å²) in [7, 11) is 0. The van der Waals surface area contributed by atoms with Crippen LogP contribution in [0.3, 0.4) is 0 Å². The fraction of sp³-hybridized carbons (Fsp3) is 0.500. The van der Waals surface area contributed by atoms with E-state index in [0.717, 1.165) is 27.8 Å². The lowest BCUT2D eigenvalue weighted by molar-refractivity contribution is 0.0938. The van der Waals surface area contributed by atoms with Gasteiger partial charge in [0.05, 0.1) is 17.9 Å². The minimum absolute atomic E-state index is 0.324. The Bertz CT molecular complexity index is 894. The Kier molecular flexibility index (Phi) is 7.82. The van der Waals surface area contributed by atoms with Crippen LogP contribution in [0.1, 0.15) is 64.3 Å². The fourth-order valence-electron chi connectivity index (χ4n) is 3.03. The van der Waals surface area contributed by atoms with E-state index in [4.69, 9.17) is 9.47 Å². The molecule has 2 aromatic rings. The maximum atomic E-state index is 13.2. The van der Waals surface area contributed by atoms with Gasteiger partial charge in [0.25, 0.3) is 5.56 Å². The molecule has 0 bridgehead atoms. The second-order valence-corrected chi connectivity index (χ2v) is 7.48. The average molecular weight is 402 g/mol. The lowest BCUT2D eigenvalue weighted by Gasteiger charge is -2.16. The Hall–Kier alpha value is -2.83. The normalized spacial score (nSPS) is 11.1. The minimum Gasteiger partial charge on any atom is -0.445 e. The van der Waals surface area contributed by atoms with Gasteiger partial charge >= 0.3 is 12.2 Å². The third kappa shape index (κ3) is 5.59. The first kappa shape index (κ1) is 22.5. The van der Waals surface area contributed by atoms with E-state index in [1.54, 1.807) is 27.7 Å². The molecule has 0 unspecified atom stereocenters. The predicted octanol–water partition coefficient (Wildman–Crippen LogP) is 4.37. The lowest BCUT2D eigenvalue weighted by Crippen LogP contribution is -2.37. The van der Waals surface area contributed by atoms with E-state index in [9.17, 15) is 14.4 Å². The second kappa shape index (κ2) is 10.1. The van der Waals surface area contributed by atoms with Crippen LogP contribution >= 0.6 is 0 Å². The van der Waals surface area contributed by atoms with Gasteiger partial charge in [0.1, 0.15) is 0 Å². The van der Waals surface area contributed by atoms with Gasteiger partial charge in [-0.15, -0.1) is 4.68 Å². The van der Waals surface area contributed by atoms with Crippen molar-refractivity contribution in [2.75, 3.05) is 0 Å². The third-order valence-corrected chi connectivity index (χ3v) is 4.27. The molecule has 0 fully saturated rings. The Morgan fingerprint density at radius 1 is 0.931 bits per heavy atom. The van der Waals surface area contributed by atoms with E-state index in [1.807, 2.05) is 37.3 Å². The molecule has 0 N–H and O–H groups in total. The molecular formula is C22H30N2O5. The molecule has 158 valence electrons. The van der Waals surface area contributed by atoms with Crippen molar-refractivity contribution in [3.05, 3.63) is 57.5 Å². The van der Waals surface area contributed by atoms with E-state index in [0.29, 0.717) is 24.1 Å². The summed E-state index contributed by atoms with van der Waals surface area (Å²) in [6, 6.07) is 9.50. The van der Waals surface area contributed by atoms with E-state index in [2.05, 4.69) is 0 Å². The zero-order valence-electron chi connectivity index (χ0n) is 17.8.